The summed E-state index contributed by atoms with van der Waals surface area (Å²) in [6, 6.07) is 11.9. The van der Waals surface area contributed by atoms with Crippen LogP contribution in [0.5, 0.6) is 11.5 Å². The van der Waals surface area contributed by atoms with Crippen LogP contribution in [-0.4, -0.2) is 36.6 Å². The molecule has 2 aromatic carbocycles. The molecule has 1 amide bonds. The molecule has 6 heteroatoms. The molecule has 4 rings (SSSR count). The van der Waals surface area contributed by atoms with Gasteiger partial charge in [-0.3, -0.25) is 4.79 Å². The number of carbonyl (C=O) groups is 1. The van der Waals surface area contributed by atoms with Gasteiger partial charge in [0, 0.05) is 19.2 Å². The number of benzene rings is 2. The number of nitrogens with zero attached hydrogens (tertiary/aromatic N) is 2. The van der Waals surface area contributed by atoms with Gasteiger partial charge in [-0.2, -0.15) is 0 Å². The molecule has 0 fully saturated rings. The van der Waals surface area contributed by atoms with Gasteiger partial charge in [-0.1, -0.05) is 12.1 Å². The Balaban J connectivity index is 1.50. The number of thiazole rings is 1. The molecule has 3 aromatic rings. The molecule has 0 radical (unpaired) electrons. The van der Waals surface area contributed by atoms with Crippen LogP contribution < -0.4 is 9.47 Å². The second kappa shape index (κ2) is 7.40. The molecule has 0 saturated heterocycles. The van der Waals surface area contributed by atoms with E-state index in [9.17, 15) is 4.79 Å². The van der Waals surface area contributed by atoms with Crippen LogP contribution in [0.15, 0.2) is 42.5 Å². The van der Waals surface area contributed by atoms with Gasteiger partial charge in [-0.15, -0.1) is 11.3 Å². The Morgan fingerprint density at radius 1 is 1.15 bits per heavy atom. The molecule has 0 aliphatic carbocycles. The van der Waals surface area contributed by atoms with E-state index in [1.54, 1.807) is 37.7 Å². The van der Waals surface area contributed by atoms with E-state index in [2.05, 4.69) is 4.98 Å². The number of hydrogen-bond donors (Lipinski definition) is 0. The largest absolute Gasteiger partial charge is 0.493 e. The predicted molar refractivity (Wildman–Crippen MR) is 107 cm³/mol. The standard InChI is InChI=1S/C21H20N2O3S/c1-25-17-11-14-9-10-23(13-15(14)12-18(17)26-2)21(24)8-7-20-22-16-5-3-4-6-19(16)27-20/h3-8,11-12H,9-10,13H2,1-2H3. The van der Waals surface area contributed by atoms with Crippen LogP contribution in [0.4, 0.5) is 0 Å². The minimum absolute atomic E-state index is 0.00492. The van der Waals surface area contributed by atoms with Crippen molar-refractivity contribution < 1.29 is 14.3 Å². The summed E-state index contributed by atoms with van der Waals surface area (Å²) in [4.78, 5) is 19.0. The van der Waals surface area contributed by atoms with Crippen LogP contribution in [0, 0.1) is 0 Å². The fourth-order valence-electron chi connectivity index (χ4n) is 3.28. The zero-order chi connectivity index (χ0) is 18.8. The molecule has 0 bridgehead atoms. The Morgan fingerprint density at radius 3 is 2.63 bits per heavy atom. The van der Waals surface area contributed by atoms with E-state index in [1.807, 2.05) is 41.3 Å². The number of ether oxygens (including phenoxy) is 2. The Kier molecular flexibility index (Phi) is 4.81. The molecule has 1 aliphatic rings. The van der Waals surface area contributed by atoms with Crippen LogP contribution in [0.1, 0.15) is 16.1 Å². The highest BCUT2D eigenvalue weighted by atomic mass is 32.1. The SMILES string of the molecule is COc1cc2c(cc1OC)CN(C(=O)C=Cc1nc3ccccc3s1)CC2. The number of para-hydroxylation sites is 1. The van der Waals surface area contributed by atoms with E-state index in [4.69, 9.17) is 9.47 Å². The lowest BCUT2D eigenvalue weighted by Crippen LogP contribution is -2.34. The number of aromatic nitrogens is 1. The smallest absolute Gasteiger partial charge is 0.246 e. The second-order valence-corrected chi connectivity index (χ2v) is 7.40. The minimum atomic E-state index is -0.00492. The van der Waals surface area contributed by atoms with Gasteiger partial charge < -0.3 is 14.4 Å². The van der Waals surface area contributed by atoms with Crippen molar-refractivity contribution in [1.82, 2.24) is 9.88 Å². The summed E-state index contributed by atoms with van der Waals surface area (Å²) < 4.78 is 11.9. The van der Waals surface area contributed by atoms with Crippen molar-refractivity contribution in [1.29, 1.82) is 0 Å². The normalized spacial score (nSPS) is 13.8. The van der Waals surface area contributed by atoms with E-state index in [1.165, 1.54) is 5.56 Å². The van der Waals surface area contributed by atoms with Crippen LogP contribution in [0.25, 0.3) is 16.3 Å². The number of amides is 1. The molecule has 0 N–H and O–H groups in total. The second-order valence-electron chi connectivity index (χ2n) is 6.34. The maximum absolute atomic E-state index is 12.6. The van der Waals surface area contributed by atoms with E-state index in [-0.39, 0.29) is 5.91 Å². The van der Waals surface area contributed by atoms with Gasteiger partial charge >= 0.3 is 0 Å². The van der Waals surface area contributed by atoms with E-state index in [0.29, 0.717) is 18.8 Å². The van der Waals surface area contributed by atoms with Crippen LogP contribution in [0.2, 0.25) is 0 Å². The summed E-state index contributed by atoms with van der Waals surface area (Å²) in [5, 5.41) is 0.841. The zero-order valence-electron chi connectivity index (χ0n) is 15.3. The highest BCUT2D eigenvalue weighted by molar-refractivity contribution is 7.19. The molecule has 0 atom stereocenters. The lowest BCUT2D eigenvalue weighted by molar-refractivity contribution is -0.126. The van der Waals surface area contributed by atoms with Crippen molar-refractivity contribution >= 4 is 33.5 Å². The number of rotatable bonds is 4. The molecule has 1 aliphatic heterocycles. The topological polar surface area (TPSA) is 51.7 Å². The van der Waals surface area contributed by atoms with Crippen LogP contribution >= 0.6 is 11.3 Å². The summed E-state index contributed by atoms with van der Waals surface area (Å²) in [6.07, 6.45) is 4.22. The van der Waals surface area contributed by atoms with Crippen LogP contribution in [0.3, 0.4) is 0 Å². The van der Waals surface area contributed by atoms with Crippen molar-refractivity contribution in [2.75, 3.05) is 20.8 Å². The molecule has 0 saturated carbocycles. The molecule has 2 heterocycles. The molecule has 27 heavy (non-hydrogen) atoms. The van der Waals surface area contributed by atoms with Crippen molar-refractivity contribution in [3.8, 4) is 11.5 Å². The summed E-state index contributed by atoms with van der Waals surface area (Å²) in [5.41, 5.74) is 3.26. The highest BCUT2D eigenvalue weighted by Crippen LogP contribution is 2.33. The van der Waals surface area contributed by atoms with E-state index >= 15 is 0 Å². The fourth-order valence-corrected chi connectivity index (χ4v) is 4.15. The lowest BCUT2D eigenvalue weighted by Gasteiger charge is -2.28. The number of hydrogen-bond acceptors (Lipinski definition) is 5. The van der Waals surface area contributed by atoms with Crippen LogP contribution in [-0.2, 0) is 17.8 Å². The van der Waals surface area contributed by atoms with Gasteiger partial charge in [-0.05, 0) is 47.9 Å². The van der Waals surface area contributed by atoms with Gasteiger partial charge in [0.1, 0.15) is 5.01 Å². The van der Waals surface area contributed by atoms with Crippen molar-refractivity contribution in [2.24, 2.45) is 0 Å². The molecule has 138 valence electrons. The summed E-state index contributed by atoms with van der Waals surface area (Å²) in [5.74, 6) is 1.41. The third-order valence-electron chi connectivity index (χ3n) is 4.71. The predicted octanol–water partition coefficient (Wildman–Crippen LogP) is 3.91. The first-order chi connectivity index (χ1) is 13.2. The first-order valence-electron chi connectivity index (χ1n) is 8.74. The number of methoxy groups -OCH3 is 2. The third kappa shape index (κ3) is 3.53. The fraction of sp³-hybridized carbons (Fsp3) is 0.238. The maximum Gasteiger partial charge on any atom is 0.246 e. The Labute approximate surface area is 161 Å². The van der Waals surface area contributed by atoms with Crippen molar-refractivity contribution in [3.63, 3.8) is 0 Å². The molecular formula is C21H20N2O3S. The molecular weight excluding hydrogens is 360 g/mol. The zero-order valence-corrected chi connectivity index (χ0v) is 16.1. The first kappa shape index (κ1) is 17.5. The van der Waals surface area contributed by atoms with Crippen molar-refractivity contribution in [3.05, 3.63) is 58.6 Å². The minimum Gasteiger partial charge on any atom is -0.493 e. The van der Waals surface area contributed by atoms with E-state index < -0.39 is 0 Å². The highest BCUT2D eigenvalue weighted by Gasteiger charge is 2.21. The van der Waals surface area contributed by atoms with Gasteiger partial charge in [0.15, 0.2) is 11.5 Å². The third-order valence-corrected chi connectivity index (χ3v) is 5.71. The summed E-state index contributed by atoms with van der Waals surface area (Å²) in [7, 11) is 3.26. The molecule has 1 aromatic heterocycles. The average Bonchev–Trinajstić information content (AvgIpc) is 3.13. The summed E-state index contributed by atoms with van der Waals surface area (Å²) in [6.45, 7) is 1.25. The van der Waals surface area contributed by atoms with Gasteiger partial charge in [-0.25, -0.2) is 4.98 Å². The molecule has 0 spiro atoms. The summed E-state index contributed by atoms with van der Waals surface area (Å²) >= 11 is 1.58. The first-order valence-corrected chi connectivity index (χ1v) is 9.56. The maximum atomic E-state index is 12.6. The lowest BCUT2D eigenvalue weighted by atomic mass is 9.98. The van der Waals surface area contributed by atoms with E-state index in [0.717, 1.165) is 33.0 Å². The average molecular weight is 380 g/mol. The Bertz CT molecular complexity index is 992. The molecule has 0 unspecified atom stereocenters. The molecule has 5 nitrogen and oxygen atoms in total. The van der Waals surface area contributed by atoms with Gasteiger partial charge in [0.25, 0.3) is 0 Å². The quantitative estimate of drug-likeness (QED) is 0.644. The number of fused-ring (bicyclic) bond motifs is 2. The Hall–Kier alpha value is -2.86. The number of carbonyl (C=O) groups excluding carboxylic acids is 1. The Morgan fingerprint density at radius 2 is 1.89 bits per heavy atom. The van der Waals surface area contributed by atoms with Crippen molar-refractivity contribution in [2.45, 2.75) is 13.0 Å². The van der Waals surface area contributed by atoms with Gasteiger partial charge in [0.05, 0.1) is 24.4 Å². The monoisotopic (exact) mass is 380 g/mol. The van der Waals surface area contributed by atoms with Gasteiger partial charge in [0.2, 0.25) is 5.91 Å².